The van der Waals surface area contributed by atoms with Crippen molar-refractivity contribution in [3.05, 3.63) is 34.9 Å². The second-order valence-electron chi connectivity index (χ2n) is 3.97. The lowest BCUT2D eigenvalue weighted by molar-refractivity contribution is 0.0378. The molecule has 0 saturated carbocycles. The van der Waals surface area contributed by atoms with E-state index in [9.17, 15) is 4.79 Å². The molecule has 1 aromatic carbocycles. The first-order valence-electron chi connectivity index (χ1n) is 5.26. The maximum atomic E-state index is 11.5. The summed E-state index contributed by atoms with van der Waals surface area (Å²) in [5, 5.41) is 0. The molecule has 3 heteroatoms. The van der Waals surface area contributed by atoms with Crippen LogP contribution in [0.2, 0.25) is 0 Å². The summed E-state index contributed by atoms with van der Waals surface area (Å²) in [5.41, 5.74) is 2.90. The van der Waals surface area contributed by atoms with Gasteiger partial charge in [0.05, 0.1) is 12.2 Å². The van der Waals surface area contributed by atoms with Gasteiger partial charge in [-0.05, 0) is 24.1 Å². The summed E-state index contributed by atoms with van der Waals surface area (Å²) >= 11 is 0. The Morgan fingerprint density at radius 2 is 2.27 bits per heavy atom. The first-order chi connectivity index (χ1) is 7.29. The molecule has 3 nitrogen and oxygen atoms in total. The van der Waals surface area contributed by atoms with Crippen LogP contribution in [-0.2, 0) is 9.47 Å². The van der Waals surface area contributed by atoms with Crippen LogP contribution >= 0.6 is 0 Å². The average Bonchev–Trinajstić information content (AvgIpc) is 3.05. The maximum absolute atomic E-state index is 11.5. The Hall–Kier alpha value is -1.35. The number of rotatable bonds is 2. The predicted molar refractivity (Wildman–Crippen MR) is 53.6 cm³/mol. The van der Waals surface area contributed by atoms with E-state index in [0.29, 0.717) is 5.56 Å². The summed E-state index contributed by atoms with van der Waals surface area (Å²) in [4.78, 5) is 11.5. The van der Waals surface area contributed by atoms with Crippen molar-refractivity contribution in [1.82, 2.24) is 0 Å². The highest BCUT2D eigenvalue weighted by molar-refractivity contribution is 5.94. The van der Waals surface area contributed by atoms with Gasteiger partial charge in [-0.15, -0.1) is 0 Å². The summed E-state index contributed by atoms with van der Waals surface area (Å²) < 4.78 is 10.5. The lowest BCUT2D eigenvalue weighted by atomic mass is 9.99. The topological polar surface area (TPSA) is 38.8 Å². The number of cyclic esters (lactones) is 1. The number of benzene rings is 1. The molecule has 15 heavy (non-hydrogen) atoms. The van der Waals surface area contributed by atoms with E-state index in [-0.39, 0.29) is 18.2 Å². The Morgan fingerprint density at radius 3 is 2.93 bits per heavy atom. The zero-order valence-electron chi connectivity index (χ0n) is 8.53. The minimum atomic E-state index is -0.194. The smallest absolute Gasteiger partial charge is 0.339 e. The zero-order valence-corrected chi connectivity index (χ0v) is 8.53. The molecule has 0 N–H and O–H groups in total. The van der Waals surface area contributed by atoms with Crippen molar-refractivity contribution >= 4 is 5.97 Å². The van der Waals surface area contributed by atoms with Gasteiger partial charge in [0.15, 0.2) is 0 Å². The molecule has 0 aliphatic carbocycles. The molecule has 0 amide bonds. The van der Waals surface area contributed by atoms with Gasteiger partial charge in [-0.1, -0.05) is 13.0 Å². The molecule has 0 bridgehead atoms. The summed E-state index contributed by atoms with van der Waals surface area (Å²) in [6.07, 6.45) is 1.00. The monoisotopic (exact) mass is 204 g/mol. The summed E-state index contributed by atoms with van der Waals surface area (Å²) in [5.74, 6) is -0.194. The highest BCUT2D eigenvalue weighted by atomic mass is 16.6. The Labute approximate surface area is 88.0 Å². The van der Waals surface area contributed by atoms with Crippen molar-refractivity contribution in [2.45, 2.75) is 25.6 Å². The first-order valence-corrected chi connectivity index (χ1v) is 5.26. The number of fused-ring (bicyclic) bond motifs is 1. The SMILES string of the molecule is CCC1OC(=O)c2ccc([C@@H]3CO3)cc21. The van der Waals surface area contributed by atoms with E-state index < -0.39 is 0 Å². The molecule has 0 aromatic heterocycles. The van der Waals surface area contributed by atoms with Gasteiger partial charge in [0.25, 0.3) is 0 Å². The van der Waals surface area contributed by atoms with Gasteiger partial charge in [0, 0.05) is 5.56 Å². The van der Waals surface area contributed by atoms with Crippen LogP contribution in [0.5, 0.6) is 0 Å². The number of hydrogen-bond acceptors (Lipinski definition) is 3. The molecule has 0 radical (unpaired) electrons. The number of ether oxygens (including phenoxy) is 2. The van der Waals surface area contributed by atoms with Gasteiger partial charge in [0.2, 0.25) is 0 Å². The molecule has 1 aromatic rings. The van der Waals surface area contributed by atoms with Crippen molar-refractivity contribution in [3.8, 4) is 0 Å². The van der Waals surface area contributed by atoms with Crippen molar-refractivity contribution in [2.75, 3.05) is 6.61 Å². The molecule has 3 rings (SSSR count). The van der Waals surface area contributed by atoms with Gasteiger partial charge < -0.3 is 9.47 Å². The van der Waals surface area contributed by atoms with Gasteiger partial charge >= 0.3 is 5.97 Å². The number of esters is 1. The molecule has 1 saturated heterocycles. The molecule has 1 fully saturated rings. The average molecular weight is 204 g/mol. The molecular formula is C12H12O3. The van der Waals surface area contributed by atoms with Crippen LogP contribution < -0.4 is 0 Å². The maximum Gasteiger partial charge on any atom is 0.339 e. The predicted octanol–water partition coefficient (Wildman–Crippen LogP) is 2.38. The lowest BCUT2D eigenvalue weighted by Crippen LogP contribution is -1.96. The minimum absolute atomic E-state index is 0.0637. The van der Waals surface area contributed by atoms with Crippen LogP contribution in [0, 0.1) is 0 Å². The molecule has 0 spiro atoms. The number of hydrogen-bond donors (Lipinski definition) is 0. The summed E-state index contributed by atoms with van der Waals surface area (Å²) in [7, 11) is 0. The second kappa shape index (κ2) is 3.07. The van der Waals surface area contributed by atoms with E-state index >= 15 is 0 Å². The second-order valence-corrected chi connectivity index (χ2v) is 3.97. The highest BCUT2D eigenvalue weighted by Crippen LogP contribution is 2.37. The number of carbonyl (C=O) groups excluding carboxylic acids is 1. The fourth-order valence-corrected chi connectivity index (χ4v) is 2.03. The normalized spacial score (nSPS) is 27.4. The quantitative estimate of drug-likeness (QED) is 0.548. The third-order valence-electron chi connectivity index (χ3n) is 2.97. The van der Waals surface area contributed by atoms with Gasteiger partial charge in [-0.3, -0.25) is 0 Å². The van der Waals surface area contributed by atoms with E-state index in [1.807, 2.05) is 25.1 Å². The number of carbonyl (C=O) groups is 1. The fraction of sp³-hybridized carbons (Fsp3) is 0.417. The zero-order chi connectivity index (χ0) is 10.4. The third kappa shape index (κ3) is 1.35. The van der Waals surface area contributed by atoms with E-state index in [4.69, 9.17) is 9.47 Å². The Kier molecular flexibility index (Phi) is 1.83. The molecule has 2 heterocycles. The van der Waals surface area contributed by atoms with Crippen molar-refractivity contribution < 1.29 is 14.3 Å². The molecule has 78 valence electrons. The lowest BCUT2D eigenvalue weighted by Gasteiger charge is -2.07. The van der Waals surface area contributed by atoms with Crippen molar-refractivity contribution in [2.24, 2.45) is 0 Å². The first kappa shape index (κ1) is 8.92. The molecule has 2 aliphatic rings. The van der Waals surface area contributed by atoms with Crippen LogP contribution in [0.25, 0.3) is 0 Å². The number of epoxide rings is 1. The largest absolute Gasteiger partial charge is 0.454 e. The Balaban J connectivity index is 2.05. The van der Waals surface area contributed by atoms with Crippen molar-refractivity contribution in [1.29, 1.82) is 0 Å². The molecule has 2 aliphatic heterocycles. The highest BCUT2D eigenvalue weighted by Gasteiger charge is 2.32. The van der Waals surface area contributed by atoms with Crippen LogP contribution in [0.15, 0.2) is 18.2 Å². The Morgan fingerprint density at radius 1 is 1.47 bits per heavy atom. The molecular weight excluding hydrogens is 192 g/mol. The standard InChI is InChI=1S/C12H12O3/c1-2-10-9-5-7(11-6-14-11)3-4-8(9)12(13)15-10/h3-5,10-11H,2,6H2,1H3/t10?,11-/m0/s1. The van der Waals surface area contributed by atoms with Gasteiger partial charge in [-0.25, -0.2) is 4.79 Å². The van der Waals surface area contributed by atoms with Crippen molar-refractivity contribution in [3.63, 3.8) is 0 Å². The third-order valence-corrected chi connectivity index (χ3v) is 2.97. The minimum Gasteiger partial charge on any atom is -0.454 e. The Bertz CT molecular complexity index is 421. The van der Waals surface area contributed by atoms with E-state index in [1.54, 1.807) is 0 Å². The molecule has 1 unspecified atom stereocenters. The van der Waals surface area contributed by atoms with Gasteiger partial charge in [0.1, 0.15) is 12.2 Å². The van der Waals surface area contributed by atoms with E-state index in [1.165, 1.54) is 0 Å². The fourth-order valence-electron chi connectivity index (χ4n) is 2.03. The van der Waals surface area contributed by atoms with Crippen LogP contribution in [-0.4, -0.2) is 12.6 Å². The van der Waals surface area contributed by atoms with Gasteiger partial charge in [-0.2, -0.15) is 0 Å². The van der Waals surface area contributed by atoms with E-state index in [0.717, 1.165) is 24.2 Å². The summed E-state index contributed by atoms with van der Waals surface area (Å²) in [6, 6.07) is 5.85. The van der Waals surface area contributed by atoms with Crippen LogP contribution in [0.1, 0.15) is 47.0 Å². The molecule has 2 atom stereocenters. The van der Waals surface area contributed by atoms with Crippen LogP contribution in [0.4, 0.5) is 0 Å². The van der Waals surface area contributed by atoms with Crippen LogP contribution in [0.3, 0.4) is 0 Å². The van der Waals surface area contributed by atoms with E-state index in [2.05, 4.69) is 0 Å². The summed E-state index contributed by atoms with van der Waals surface area (Å²) in [6.45, 7) is 2.82.